The van der Waals surface area contributed by atoms with E-state index in [2.05, 4.69) is 5.32 Å². The molecule has 110 valence electrons. The van der Waals surface area contributed by atoms with Crippen LogP contribution in [0.1, 0.15) is 24.1 Å². The molecule has 0 spiro atoms. The molecule has 2 unspecified atom stereocenters. The van der Waals surface area contributed by atoms with Crippen molar-refractivity contribution < 1.29 is 9.18 Å². The Morgan fingerprint density at radius 1 is 1.19 bits per heavy atom. The fraction of sp³-hybridized carbons (Fsp3) is 0.235. The summed E-state index contributed by atoms with van der Waals surface area (Å²) in [6, 6.07) is 14.9. The molecular formula is C17H19FN2O. The zero-order valence-electron chi connectivity index (χ0n) is 11.9. The van der Waals surface area contributed by atoms with Crippen LogP contribution in [0.25, 0.3) is 0 Å². The van der Waals surface area contributed by atoms with Gasteiger partial charge in [0, 0.05) is 0 Å². The second-order valence-electron chi connectivity index (χ2n) is 5.08. The van der Waals surface area contributed by atoms with Gasteiger partial charge in [-0.2, -0.15) is 0 Å². The Morgan fingerprint density at radius 2 is 1.90 bits per heavy atom. The van der Waals surface area contributed by atoms with E-state index in [4.69, 9.17) is 5.73 Å². The largest absolute Gasteiger partial charge is 0.348 e. The summed E-state index contributed by atoms with van der Waals surface area (Å²) in [4.78, 5) is 12.1. The standard InChI is InChI=1S/C17H19FN2O/c1-12(14-8-5-9-15(18)11-14)20-17(21)16(19)10-13-6-3-2-4-7-13/h2-9,11-12,16H,10,19H2,1H3,(H,20,21). The highest BCUT2D eigenvalue weighted by molar-refractivity contribution is 5.82. The summed E-state index contributed by atoms with van der Waals surface area (Å²) in [7, 11) is 0. The molecule has 21 heavy (non-hydrogen) atoms. The van der Waals surface area contributed by atoms with Gasteiger partial charge in [0.15, 0.2) is 0 Å². The number of nitrogens with one attached hydrogen (secondary N) is 1. The van der Waals surface area contributed by atoms with E-state index in [0.29, 0.717) is 6.42 Å². The molecule has 0 aliphatic carbocycles. The van der Waals surface area contributed by atoms with Crippen molar-refractivity contribution in [1.29, 1.82) is 0 Å². The molecule has 2 aromatic rings. The van der Waals surface area contributed by atoms with Crippen LogP contribution in [0.15, 0.2) is 54.6 Å². The highest BCUT2D eigenvalue weighted by atomic mass is 19.1. The first-order chi connectivity index (χ1) is 10.1. The van der Waals surface area contributed by atoms with E-state index in [1.165, 1.54) is 12.1 Å². The van der Waals surface area contributed by atoms with E-state index in [9.17, 15) is 9.18 Å². The van der Waals surface area contributed by atoms with E-state index in [1.807, 2.05) is 37.3 Å². The van der Waals surface area contributed by atoms with Crippen molar-refractivity contribution in [2.24, 2.45) is 5.73 Å². The maximum absolute atomic E-state index is 13.2. The molecule has 0 aliphatic heterocycles. The van der Waals surface area contributed by atoms with Gasteiger partial charge in [-0.25, -0.2) is 4.39 Å². The number of amides is 1. The first-order valence-corrected chi connectivity index (χ1v) is 6.91. The van der Waals surface area contributed by atoms with Crippen molar-refractivity contribution in [3.8, 4) is 0 Å². The lowest BCUT2D eigenvalue weighted by Gasteiger charge is -2.18. The molecule has 4 heteroatoms. The predicted octanol–water partition coefficient (Wildman–Crippen LogP) is 2.57. The molecule has 2 aromatic carbocycles. The third-order valence-corrected chi connectivity index (χ3v) is 3.34. The third-order valence-electron chi connectivity index (χ3n) is 3.34. The van der Waals surface area contributed by atoms with E-state index in [1.54, 1.807) is 12.1 Å². The number of hydrogen-bond donors (Lipinski definition) is 2. The van der Waals surface area contributed by atoms with Crippen molar-refractivity contribution in [2.75, 3.05) is 0 Å². The molecule has 0 heterocycles. The number of nitrogens with two attached hydrogens (primary N) is 1. The van der Waals surface area contributed by atoms with Gasteiger partial charge in [-0.3, -0.25) is 4.79 Å². The van der Waals surface area contributed by atoms with E-state index in [-0.39, 0.29) is 17.8 Å². The SMILES string of the molecule is CC(NC(=O)C(N)Cc1ccccc1)c1cccc(F)c1. The zero-order chi connectivity index (χ0) is 15.2. The molecule has 0 fully saturated rings. The number of benzene rings is 2. The first kappa shape index (κ1) is 15.2. The fourth-order valence-electron chi connectivity index (χ4n) is 2.14. The molecule has 0 aromatic heterocycles. The van der Waals surface area contributed by atoms with Crippen LogP contribution < -0.4 is 11.1 Å². The number of halogens is 1. The number of carbonyl (C=O) groups is 1. The van der Waals surface area contributed by atoms with Gasteiger partial charge in [-0.1, -0.05) is 42.5 Å². The van der Waals surface area contributed by atoms with E-state index >= 15 is 0 Å². The van der Waals surface area contributed by atoms with Crippen LogP contribution in [-0.2, 0) is 11.2 Å². The van der Waals surface area contributed by atoms with Crippen LogP contribution in [0.3, 0.4) is 0 Å². The second-order valence-corrected chi connectivity index (χ2v) is 5.08. The Balaban J connectivity index is 1.94. The Kier molecular flexibility index (Phi) is 5.06. The van der Waals surface area contributed by atoms with E-state index in [0.717, 1.165) is 11.1 Å². The van der Waals surface area contributed by atoms with Crippen LogP contribution in [0, 0.1) is 5.82 Å². The van der Waals surface area contributed by atoms with Gasteiger partial charge in [0.2, 0.25) is 5.91 Å². The molecular weight excluding hydrogens is 267 g/mol. The predicted molar refractivity (Wildman–Crippen MR) is 81.1 cm³/mol. The van der Waals surface area contributed by atoms with Gasteiger partial charge in [0.1, 0.15) is 5.82 Å². The number of carbonyl (C=O) groups excluding carboxylic acids is 1. The average molecular weight is 286 g/mol. The van der Waals surface area contributed by atoms with Crippen molar-refractivity contribution >= 4 is 5.91 Å². The first-order valence-electron chi connectivity index (χ1n) is 6.91. The summed E-state index contributed by atoms with van der Waals surface area (Å²) in [5, 5.41) is 2.81. The summed E-state index contributed by atoms with van der Waals surface area (Å²) in [5.74, 6) is -0.558. The fourth-order valence-corrected chi connectivity index (χ4v) is 2.14. The van der Waals surface area contributed by atoms with Gasteiger partial charge < -0.3 is 11.1 Å². The molecule has 0 aliphatic rings. The second kappa shape index (κ2) is 6.99. The van der Waals surface area contributed by atoms with Gasteiger partial charge in [0.25, 0.3) is 0 Å². The monoisotopic (exact) mass is 286 g/mol. The third kappa shape index (κ3) is 4.39. The zero-order valence-corrected chi connectivity index (χ0v) is 11.9. The van der Waals surface area contributed by atoms with Crippen LogP contribution >= 0.6 is 0 Å². The molecule has 0 saturated carbocycles. The van der Waals surface area contributed by atoms with Crippen LogP contribution in [-0.4, -0.2) is 11.9 Å². The van der Waals surface area contributed by atoms with Gasteiger partial charge in [-0.15, -0.1) is 0 Å². The van der Waals surface area contributed by atoms with Crippen LogP contribution in [0.5, 0.6) is 0 Å². The summed E-state index contributed by atoms with van der Waals surface area (Å²) in [5.41, 5.74) is 7.65. The lowest BCUT2D eigenvalue weighted by Crippen LogP contribution is -2.42. The molecule has 3 N–H and O–H groups in total. The Labute approximate surface area is 124 Å². The highest BCUT2D eigenvalue weighted by Gasteiger charge is 2.17. The summed E-state index contributed by atoms with van der Waals surface area (Å²) >= 11 is 0. The lowest BCUT2D eigenvalue weighted by molar-refractivity contribution is -0.123. The highest BCUT2D eigenvalue weighted by Crippen LogP contribution is 2.13. The maximum atomic E-state index is 13.2. The average Bonchev–Trinajstić information content (AvgIpc) is 2.48. The maximum Gasteiger partial charge on any atom is 0.237 e. The molecule has 0 radical (unpaired) electrons. The normalized spacial score (nSPS) is 13.5. The van der Waals surface area contributed by atoms with Gasteiger partial charge >= 0.3 is 0 Å². The summed E-state index contributed by atoms with van der Waals surface area (Å²) < 4.78 is 13.2. The molecule has 1 amide bonds. The van der Waals surface area contributed by atoms with Gasteiger partial charge in [0.05, 0.1) is 12.1 Å². The van der Waals surface area contributed by atoms with Crippen LogP contribution in [0.2, 0.25) is 0 Å². The van der Waals surface area contributed by atoms with Gasteiger partial charge in [-0.05, 0) is 36.6 Å². The molecule has 0 saturated heterocycles. The Hall–Kier alpha value is -2.20. The lowest BCUT2D eigenvalue weighted by atomic mass is 10.0. The number of rotatable bonds is 5. The molecule has 3 nitrogen and oxygen atoms in total. The van der Waals surface area contributed by atoms with Crippen molar-refractivity contribution in [3.63, 3.8) is 0 Å². The Morgan fingerprint density at radius 3 is 2.57 bits per heavy atom. The summed E-state index contributed by atoms with van der Waals surface area (Å²) in [6.45, 7) is 1.81. The molecule has 2 atom stereocenters. The minimum Gasteiger partial charge on any atom is -0.348 e. The Bertz CT molecular complexity index is 601. The smallest absolute Gasteiger partial charge is 0.237 e. The molecule has 2 rings (SSSR count). The quantitative estimate of drug-likeness (QED) is 0.887. The van der Waals surface area contributed by atoms with Crippen molar-refractivity contribution in [1.82, 2.24) is 5.32 Å². The van der Waals surface area contributed by atoms with Crippen molar-refractivity contribution in [2.45, 2.75) is 25.4 Å². The van der Waals surface area contributed by atoms with E-state index < -0.39 is 6.04 Å². The minimum absolute atomic E-state index is 0.240. The van der Waals surface area contributed by atoms with Crippen LogP contribution in [0.4, 0.5) is 4.39 Å². The topological polar surface area (TPSA) is 55.1 Å². The minimum atomic E-state index is -0.622. The number of hydrogen-bond acceptors (Lipinski definition) is 2. The summed E-state index contributed by atoms with van der Waals surface area (Å²) in [6.07, 6.45) is 0.475. The molecule has 0 bridgehead atoms. The van der Waals surface area contributed by atoms with Crippen molar-refractivity contribution in [3.05, 3.63) is 71.5 Å².